The van der Waals surface area contributed by atoms with Crippen LogP contribution < -0.4 is 0 Å². The Morgan fingerprint density at radius 1 is 1.69 bits per heavy atom. The molecule has 0 aromatic rings. The fraction of sp³-hybridized carbons (Fsp3) is 0.667. The molecule has 1 heterocycles. The van der Waals surface area contributed by atoms with Crippen LogP contribution in [-0.2, 0) is 14.3 Å². The maximum atomic E-state index is 11.7. The monoisotopic (exact) mass is 225 g/mol. The molecule has 1 aliphatic heterocycles. The van der Waals surface area contributed by atoms with E-state index in [0.717, 1.165) is 0 Å². The van der Waals surface area contributed by atoms with Crippen molar-refractivity contribution in [3.63, 3.8) is 0 Å². The Bertz CT molecular complexity index is 288. The van der Waals surface area contributed by atoms with Crippen molar-refractivity contribution in [2.75, 3.05) is 19.7 Å². The number of ether oxygens (including phenoxy) is 1. The summed E-state index contributed by atoms with van der Waals surface area (Å²) < 4.78 is 4.97. The Balaban J connectivity index is 2.62. The van der Waals surface area contributed by atoms with Gasteiger partial charge >= 0.3 is 5.97 Å². The molecular weight excluding hydrogens is 206 g/mol. The van der Waals surface area contributed by atoms with Gasteiger partial charge in [0.05, 0.1) is 12.5 Å². The molecule has 0 aromatic carbocycles. The molecule has 4 nitrogen and oxygen atoms in total. The highest BCUT2D eigenvalue weighted by molar-refractivity contribution is 5.84. The number of hydrogen-bond acceptors (Lipinski definition) is 3. The number of nitrogens with zero attached hydrogens (tertiary/aromatic N) is 1. The first-order valence-electron chi connectivity index (χ1n) is 5.65. The zero-order valence-electron chi connectivity index (χ0n) is 9.94. The lowest BCUT2D eigenvalue weighted by atomic mass is 9.86. The number of esters is 1. The van der Waals surface area contributed by atoms with Gasteiger partial charge in [-0.2, -0.15) is 0 Å². The largest absolute Gasteiger partial charge is 0.466 e. The van der Waals surface area contributed by atoms with E-state index < -0.39 is 0 Å². The average Bonchev–Trinajstić information content (AvgIpc) is 2.23. The number of piperidine rings is 1. The predicted molar refractivity (Wildman–Crippen MR) is 60.7 cm³/mol. The van der Waals surface area contributed by atoms with Crippen LogP contribution in [0.15, 0.2) is 12.7 Å². The minimum atomic E-state index is -0.284. The van der Waals surface area contributed by atoms with Crippen LogP contribution >= 0.6 is 0 Å². The molecule has 0 aromatic heterocycles. The number of carbonyl (C=O) groups is 2. The number of likely N-dealkylation sites (tertiary alicyclic amines) is 1. The molecule has 0 spiro atoms. The van der Waals surface area contributed by atoms with Crippen LogP contribution in [0.1, 0.15) is 20.3 Å². The molecule has 0 radical (unpaired) electrons. The summed E-state index contributed by atoms with van der Waals surface area (Å²) in [5, 5.41) is 0. The fourth-order valence-corrected chi connectivity index (χ4v) is 1.99. The number of amides is 1. The number of hydrogen-bond donors (Lipinski definition) is 0. The third-order valence-electron chi connectivity index (χ3n) is 2.88. The lowest BCUT2D eigenvalue weighted by Crippen LogP contribution is -2.46. The van der Waals surface area contributed by atoms with E-state index in [1.165, 1.54) is 0 Å². The highest BCUT2D eigenvalue weighted by atomic mass is 16.5. The second-order valence-corrected chi connectivity index (χ2v) is 4.13. The normalized spacial score (nSPS) is 25.4. The fourth-order valence-electron chi connectivity index (χ4n) is 1.99. The molecule has 1 saturated heterocycles. The number of carbonyl (C=O) groups excluding carboxylic acids is 2. The van der Waals surface area contributed by atoms with Crippen LogP contribution in [0.25, 0.3) is 0 Å². The summed E-state index contributed by atoms with van der Waals surface area (Å²) in [5.74, 6) is -0.372. The zero-order chi connectivity index (χ0) is 12.1. The smallest absolute Gasteiger partial charge is 0.309 e. The van der Waals surface area contributed by atoms with E-state index in [1.54, 1.807) is 17.9 Å². The van der Waals surface area contributed by atoms with Crippen molar-refractivity contribution in [3.8, 4) is 0 Å². The van der Waals surface area contributed by atoms with E-state index >= 15 is 0 Å². The van der Waals surface area contributed by atoms with Gasteiger partial charge in [0, 0.05) is 19.5 Å². The van der Waals surface area contributed by atoms with E-state index in [0.29, 0.717) is 19.7 Å². The quantitative estimate of drug-likeness (QED) is 0.534. The van der Waals surface area contributed by atoms with Gasteiger partial charge in [-0.15, -0.1) is 6.58 Å². The Hall–Kier alpha value is -1.32. The molecule has 2 atom stereocenters. The van der Waals surface area contributed by atoms with E-state index in [2.05, 4.69) is 6.58 Å². The second kappa shape index (κ2) is 5.68. The minimum Gasteiger partial charge on any atom is -0.466 e. The molecule has 16 heavy (non-hydrogen) atoms. The van der Waals surface area contributed by atoms with Gasteiger partial charge in [-0.05, 0) is 12.8 Å². The van der Waals surface area contributed by atoms with Gasteiger partial charge in [0.15, 0.2) is 0 Å². The van der Waals surface area contributed by atoms with E-state index in [1.807, 2.05) is 6.92 Å². The maximum absolute atomic E-state index is 11.7. The van der Waals surface area contributed by atoms with E-state index in [9.17, 15) is 9.59 Å². The van der Waals surface area contributed by atoms with E-state index in [4.69, 9.17) is 4.74 Å². The number of rotatable bonds is 4. The third-order valence-corrected chi connectivity index (χ3v) is 2.88. The molecule has 1 fully saturated rings. The van der Waals surface area contributed by atoms with Crippen LogP contribution in [0, 0.1) is 11.8 Å². The molecule has 0 aliphatic carbocycles. The van der Waals surface area contributed by atoms with Gasteiger partial charge in [-0.25, -0.2) is 0 Å². The molecule has 90 valence electrons. The second-order valence-electron chi connectivity index (χ2n) is 4.13. The van der Waals surface area contributed by atoms with Crippen molar-refractivity contribution in [3.05, 3.63) is 12.7 Å². The van der Waals surface area contributed by atoms with Crippen molar-refractivity contribution in [2.45, 2.75) is 20.3 Å². The summed E-state index contributed by atoms with van der Waals surface area (Å²) >= 11 is 0. The molecule has 1 amide bonds. The van der Waals surface area contributed by atoms with Gasteiger partial charge in [0.25, 0.3) is 0 Å². The molecule has 4 heteroatoms. The van der Waals surface area contributed by atoms with Crippen LogP contribution in [0.5, 0.6) is 0 Å². The van der Waals surface area contributed by atoms with Crippen LogP contribution in [0.4, 0.5) is 0 Å². The minimum absolute atomic E-state index is 0.0102. The van der Waals surface area contributed by atoms with Crippen LogP contribution in [0.3, 0.4) is 0 Å². The van der Waals surface area contributed by atoms with Crippen LogP contribution in [-0.4, -0.2) is 36.5 Å². The average molecular weight is 225 g/mol. The summed E-state index contributed by atoms with van der Waals surface area (Å²) in [6.45, 7) is 8.89. The Labute approximate surface area is 96.3 Å². The van der Waals surface area contributed by atoms with Crippen molar-refractivity contribution >= 4 is 11.9 Å². The summed E-state index contributed by atoms with van der Waals surface area (Å²) in [7, 11) is 0. The first-order valence-corrected chi connectivity index (χ1v) is 5.65. The summed E-state index contributed by atoms with van der Waals surface area (Å²) in [4.78, 5) is 25.1. The van der Waals surface area contributed by atoms with Gasteiger partial charge < -0.3 is 9.64 Å². The SMILES string of the molecule is C=CCN1C[C@@H](C)[C@@H](C(=O)OCC)CC1=O. The van der Waals surface area contributed by atoms with Crippen molar-refractivity contribution in [2.24, 2.45) is 11.8 Å². The first-order chi connectivity index (χ1) is 7.60. The predicted octanol–water partition coefficient (Wildman–Crippen LogP) is 1.22. The highest BCUT2D eigenvalue weighted by Crippen LogP contribution is 2.25. The third kappa shape index (κ3) is 2.84. The van der Waals surface area contributed by atoms with Gasteiger partial charge in [0.2, 0.25) is 5.91 Å². The standard InChI is InChI=1S/C12H19NO3/c1-4-6-13-8-9(3)10(7-11(13)14)12(15)16-5-2/h4,9-10H,1,5-8H2,2-3H3/t9-,10+/m1/s1. The van der Waals surface area contributed by atoms with Crippen molar-refractivity contribution in [1.29, 1.82) is 0 Å². The van der Waals surface area contributed by atoms with E-state index in [-0.39, 0.29) is 30.1 Å². The summed E-state index contributed by atoms with van der Waals surface area (Å²) in [5.41, 5.74) is 0. The Kier molecular flexibility index (Phi) is 4.52. The zero-order valence-corrected chi connectivity index (χ0v) is 9.94. The van der Waals surface area contributed by atoms with Crippen molar-refractivity contribution < 1.29 is 14.3 Å². The first kappa shape index (κ1) is 12.7. The molecule has 0 N–H and O–H groups in total. The summed E-state index contributed by atoms with van der Waals surface area (Å²) in [6, 6.07) is 0. The van der Waals surface area contributed by atoms with Crippen molar-refractivity contribution in [1.82, 2.24) is 4.90 Å². The molecule has 1 rings (SSSR count). The topological polar surface area (TPSA) is 46.6 Å². The lowest BCUT2D eigenvalue weighted by Gasteiger charge is -2.34. The highest BCUT2D eigenvalue weighted by Gasteiger charge is 2.36. The van der Waals surface area contributed by atoms with Crippen LogP contribution in [0.2, 0.25) is 0 Å². The Morgan fingerprint density at radius 2 is 2.38 bits per heavy atom. The molecule has 0 unspecified atom stereocenters. The Morgan fingerprint density at radius 3 is 2.94 bits per heavy atom. The molecule has 0 saturated carbocycles. The molecular formula is C12H19NO3. The lowest BCUT2D eigenvalue weighted by molar-refractivity contribution is -0.156. The van der Waals surface area contributed by atoms with Gasteiger partial charge in [-0.3, -0.25) is 9.59 Å². The molecule has 0 bridgehead atoms. The summed E-state index contributed by atoms with van der Waals surface area (Å²) in [6.07, 6.45) is 1.96. The van der Waals surface area contributed by atoms with Gasteiger partial charge in [0.1, 0.15) is 0 Å². The van der Waals surface area contributed by atoms with Gasteiger partial charge in [-0.1, -0.05) is 13.0 Å². The maximum Gasteiger partial charge on any atom is 0.309 e. The molecule has 1 aliphatic rings.